The average Bonchev–Trinajstić information content (AvgIpc) is 2.89. The van der Waals surface area contributed by atoms with Crippen molar-refractivity contribution in [3.8, 4) is 5.75 Å². The van der Waals surface area contributed by atoms with E-state index in [2.05, 4.69) is 25.3 Å². The SMILES string of the molecule is O=C(Nc1ccccn1)N[C@@](Cc1ccccc1)(c1cccc(OC(F)(F)C(F)F)c1)c1ccc(Cl)cn1. The van der Waals surface area contributed by atoms with E-state index in [0.717, 1.165) is 17.7 Å². The molecule has 0 aliphatic heterocycles. The lowest BCUT2D eigenvalue weighted by atomic mass is 9.80. The predicted molar refractivity (Wildman–Crippen MR) is 135 cm³/mol. The van der Waals surface area contributed by atoms with E-state index in [9.17, 15) is 22.4 Å². The summed E-state index contributed by atoms with van der Waals surface area (Å²) in [6.45, 7) is 0. The summed E-state index contributed by atoms with van der Waals surface area (Å²) in [6, 6.07) is 21.6. The fourth-order valence-corrected chi connectivity index (χ4v) is 3.97. The van der Waals surface area contributed by atoms with Gasteiger partial charge in [0.25, 0.3) is 0 Å². The number of nitrogens with zero attached hydrogens (tertiary/aromatic N) is 2. The van der Waals surface area contributed by atoms with Gasteiger partial charge in [0.1, 0.15) is 17.1 Å². The van der Waals surface area contributed by atoms with Crippen LogP contribution in [-0.4, -0.2) is 28.5 Å². The Kier molecular flexibility index (Phi) is 8.11. The standard InChI is InChI=1S/C27H21ClF4N4O2/c28-20-12-13-22(34-17-20)26(16-18-7-2-1-3-8-18,36-25(37)35-23-11-4-5-14-33-23)19-9-6-10-21(15-19)38-27(31,32)24(29)30/h1-15,17,24H,16H2,(H2,33,35,36,37)/t26-/m0/s1. The molecule has 0 radical (unpaired) electrons. The Balaban J connectivity index is 1.84. The lowest BCUT2D eigenvalue weighted by Crippen LogP contribution is -2.50. The molecule has 4 aromatic rings. The van der Waals surface area contributed by atoms with Crippen LogP contribution in [0.1, 0.15) is 16.8 Å². The van der Waals surface area contributed by atoms with Gasteiger partial charge in [0.15, 0.2) is 0 Å². The molecule has 38 heavy (non-hydrogen) atoms. The first-order chi connectivity index (χ1) is 18.2. The first kappa shape index (κ1) is 26.9. The third-order valence-electron chi connectivity index (χ3n) is 5.54. The summed E-state index contributed by atoms with van der Waals surface area (Å²) in [5, 5.41) is 5.87. The van der Waals surface area contributed by atoms with E-state index < -0.39 is 29.9 Å². The molecule has 2 amide bonds. The maximum atomic E-state index is 13.7. The minimum Gasteiger partial charge on any atom is -0.428 e. The number of benzene rings is 2. The highest BCUT2D eigenvalue weighted by Gasteiger charge is 2.44. The van der Waals surface area contributed by atoms with Crippen molar-refractivity contribution in [1.29, 1.82) is 0 Å². The lowest BCUT2D eigenvalue weighted by molar-refractivity contribution is -0.253. The van der Waals surface area contributed by atoms with Crippen molar-refractivity contribution in [3.63, 3.8) is 0 Å². The summed E-state index contributed by atoms with van der Waals surface area (Å²) in [5.41, 5.74) is -0.175. The molecule has 2 aromatic carbocycles. The van der Waals surface area contributed by atoms with Gasteiger partial charge < -0.3 is 10.1 Å². The first-order valence-electron chi connectivity index (χ1n) is 11.3. The number of amides is 2. The smallest absolute Gasteiger partial charge is 0.428 e. The molecule has 0 bridgehead atoms. The average molecular weight is 545 g/mol. The van der Waals surface area contributed by atoms with Gasteiger partial charge in [-0.25, -0.2) is 9.78 Å². The van der Waals surface area contributed by atoms with Gasteiger partial charge in [-0.05, 0) is 47.5 Å². The van der Waals surface area contributed by atoms with E-state index in [1.54, 1.807) is 48.5 Å². The number of hydrogen-bond donors (Lipinski definition) is 2. The summed E-state index contributed by atoms with van der Waals surface area (Å²) in [5.74, 6) is -0.262. The molecule has 1 atom stereocenters. The van der Waals surface area contributed by atoms with Crippen LogP contribution < -0.4 is 15.4 Å². The summed E-state index contributed by atoms with van der Waals surface area (Å²) >= 11 is 6.06. The van der Waals surface area contributed by atoms with Crippen molar-refractivity contribution in [2.45, 2.75) is 24.5 Å². The Morgan fingerprint density at radius 3 is 2.37 bits per heavy atom. The molecule has 11 heteroatoms. The van der Waals surface area contributed by atoms with Gasteiger partial charge in [-0.15, -0.1) is 0 Å². The second-order valence-electron chi connectivity index (χ2n) is 8.22. The fourth-order valence-electron chi connectivity index (χ4n) is 3.86. The highest BCUT2D eigenvalue weighted by Crippen LogP contribution is 2.36. The molecule has 2 N–H and O–H groups in total. The molecule has 196 valence electrons. The van der Waals surface area contributed by atoms with Crippen molar-refractivity contribution in [2.75, 3.05) is 5.32 Å². The van der Waals surface area contributed by atoms with Gasteiger partial charge >= 0.3 is 18.6 Å². The van der Waals surface area contributed by atoms with Crippen LogP contribution in [0.4, 0.5) is 28.2 Å². The fraction of sp³-hybridized carbons (Fsp3) is 0.148. The van der Waals surface area contributed by atoms with Crippen LogP contribution in [0.3, 0.4) is 0 Å². The number of hydrogen-bond acceptors (Lipinski definition) is 4. The van der Waals surface area contributed by atoms with E-state index in [4.69, 9.17) is 11.6 Å². The van der Waals surface area contributed by atoms with Gasteiger partial charge in [-0.1, -0.05) is 60.1 Å². The Bertz CT molecular complexity index is 1360. The van der Waals surface area contributed by atoms with Gasteiger partial charge in [0.05, 0.1) is 10.7 Å². The van der Waals surface area contributed by atoms with E-state index in [-0.39, 0.29) is 17.8 Å². The molecule has 0 unspecified atom stereocenters. The van der Waals surface area contributed by atoms with E-state index in [1.807, 2.05) is 18.2 Å². The Labute approximate surface area is 220 Å². The number of ether oxygens (including phenoxy) is 1. The summed E-state index contributed by atoms with van der Waals surface area (Å²) in [6.07, 6.45) is -5.78. The first-order valence-corrected chi connectivity index (χ1v) is 11.7. The van der Waals surface area contributed by atoms with Crippen LogP contribution in [0.15, 0.2) is 97.3 Å². The molecule has 0 aliphatic carbocycles. The maximum absolute atomic E-state index is 13.7. The van der Waals surface area contributed by atoms with Gasteiger partial charge in [-0.2, -0.15) is 17.6 Å². The van der Waals surface area contributed by atoms with Crippen LogP contribution in [0, 0.1) is 0 Å². The van der Waals surface area contributed by atoms with E-state index in [0.29, 0.717) is 10.7 Å². The van der Waals surface area contributed by atoms with Gasteiger partial charge in [0, 0.05) is 18.8 Å². The number of alkyl halides is 4. The molecule has 2 heterocycles. The van der Waals surface area contributed by atoms with Gasteiger partial charge in [0.2, 0.25) is 0 Å². The number of nitrogens with one attached hydrogen (secondary N) is 2. The number of pyridine rings is 2. The van der Waals surface area contributed by atoms with Crippen molar-refractivity contribution in [3.05, 3.63) is 119 Å². The third-order valence-corrected chi connectivity index (χ3v) is 5.77. The number of rotatable bonds is 9. The number of anilines is 1. The predicted octanol–water partition coefficient (Wildman–Crippen LogP) is 6.67. The van der Waals surface area contributed by atoms with Crippen molar-refractivity contribution >= 4 is 23.4 Å². The topological polar surface area (TPSA) is 76.1 Å². The monoisotopic (exact) mass is 544 g/mol. The summed E-state index contributed by atoms with van der Waals surface area (Å²) in [7, 11) is 0. The van der Waals surface area contributed by atoms with Crippen molar-refractivity contribution < 1.29 is 27.1 Å². The molecule has 0 fully saturated rings. The zero-order valence-corrected chi connectivity index (χ0v) is 20.4. The Morgan fingerprint density at radius 2 is 1.71 bits per heavy atom. The largest absolute Gasteiger partial charge is 0.461 e. The maximum Gasteiger partial charge on any atom is 0.461 e. The van der Waals surface area contributed by atoms with Gasteiger partial charge in [-0.3, -0.25) is 10.3 Å². The number of carbonyl (C=O) groups excluding carboxylic acids is 1. The Morgan fingerprint density at radius 1 is 0.947 bits per heavy atom. The molecule has 4 rings (SSSR count). The zero-order valence-electron chi connectivity index (χ0n) is 19.6. The van der Waals surface area contributed by atoms with Crippen molar-refractivity contribution in [1.82, 2.24) is 15.3 Å². The highest BCUT2D eigenvalue weighted by atomic mass is 35.5. The minimum absolute atomic E-state index is 0.104. The van der Waals surface area contributed by atoms with Crippen LogP contribution in [0.2, 0.25) is 5.02 Å². The molecule has 0 saturated heterocycles. The summed E-state index contributed by atoms with van der Waals surface area (Å²) in [4.78, 5) is 21.8. The van der Waals surface area contributed by atoms with E-state index in [1.165, 1.54) is 18.5 Å². The molecule has 2 aromatic heterocycles. The second kappa shape index (κ2) is 11.5. The number of urea groups is 1. The third kappa shape index (κ3) is 6.38. The highest BCUT2D eigenvalue weighted by molar-refractivity contribution is 6.30. The minimum atomic E-state index is -4.72. The van der Waals surface area contributed by atoms with Crippen molar-refractivity contribution in [2.24, 2.45) is 0 Å². The Hall–Kier alpha value is -4.18. The molecule has 0 saturated carbocycles. The van der Waals surface area contributed by atoms with Crippen LogP contribution in [0.5, 0.6) is 5.75 Å². The quantitative estimate of drug-likeness (QED) is 0.231. The number of aromatic nitrogens is 2. The molecular weight excluding hydrogens is 524 g/mol. The summed E-state index contributed by atoms with van der Waals surface area (Å²) < 4.78 is 57.5. The second-order valence-corrected chi connectivity index (χ2v) is 8.65. The molecule has 0 spiro atoms. The number of halogens is 5. The lowest BCUT2D eigenvalue weighted by Gasteiger charge is -2.35. The normalized spacial score (nSPS) is 13.0. The molecule has 6 nitrogen and oxygen atoms in total. The van der Waals surface area contributed by atoms with Crippen LogP contribution in [0.25, 0.3) is 0 Å². The zero-order chi connectivity index (χ0) is 27.2. The number of carbonyl (C=O) groups is 1. The van der Waals surface area contributed by atoms with Crippen LogP contribution in [-0.2, 0) is 12.0 Å². The van der Waals surface area contributed by atoms with Crippen LogP contribution >= 0.6 is 11.6 Å². The van der Waals surface area contributed by atoms with E-state index >= 15 is 0 Å². The molecule has 0 aliphatic rings. The molecular formula is C27H21ClF4N4O2.